The summed E-state index contributed by atoms with van der Waals surface area (Å²) >= 11 is 0. The summed E-state index contributed by atoms with van der Waals surface area (Å²) in [4.78, 5) is 27.8. The van der Waals surface area contributed by atoms with Crippen LogP contribution in [0.3, 0.4) is 0 Å². The lowest BCUT2D eigenvalue weighted by molar-refractivity contribution is 0.0599. The van der Waals surface area contributed by atoms with Crippen LogP contribution in [0.15, 0.2) is 24.3 Å². The molecule has 0 saturated carbocycles. The molecule has 26 heavy (non-hydrogen) atoms. The lowest BCUT2D eigenvalue weighted by Crippen LogP contribution is -2.27. The van der Waals surface area contributed by atoms with Crippen molar-refractivity contribution in [1.29, 1.82) is 0 Å². The van der Waals surface area contributed by atoms with Gasteiger partial charge in [-0.15, -0.1) is 0 Å². The van der Waals surface area contributed by atoms with Crippen LogP contribution < -0.4 is 10.1 Å². The van der Waals surface area contributed by atoms with E-state index >= 15 is 0 Å². The number of rotatable bonds is 7. The zero-order valence-corrected chi connectivity index (χ0v) is 15.9. The van der Waals surface area contributed by atoms with Gasteiger partial charge >= 0.3 is 5.97 Å². The molecule has 0 fully saturated rings. The van der Waals surface area contributed by atoms with Crippen LogP contribution >= 0.6 is 0 Å². The average Bonchev–Trinajstić information content (AvgIpc) is 2.98. The normalized spacial score (nSPS) is 11.7. The molecule has 1 atom stereocenters. The smallest absolute Gasteiger partial charge is 0.339 e. The quantitative estimate of drug-likeness (QED) is 0.742. The molecule has 2 N–H and O–H groups in total. The Hall–Kier alpha value is -2.76. The van der Waals surface area contributed by atoms with Crippen molar-refractivity contribution in [3.05, 3.63) is 52.3 Å². The monoisotopic (exact) mass is 358 g/mol. The van der Waals surface area contributed by atoms with Crippen LogP contribution in [0.5, 0.6) is 5.75 Å². The van der Waals surface area contributed by atoms with Crippen molar-refractivity contribution in [1.82, 2.24) is 10.3 Å². The molecular weight excluding hydrogens is 332 g/mol. The minimum atomic E-state index is -0.438. The topological polar surface area (TPSA) is 80.4 Å². The molecule has 0 saturated heterocycles. The maximum absolute atomic E-state index is 12.7. The Morgan fingerprint density at radius 2 is 2.00 bits per heavy atom. The van der Waals surface area contributed by atoms with E-state index in [4.69, 9.17) is 9.47 Å². The Balaban J connectivity index is 2.23. The fraction of sp³-hybridized carbons (Fsp3) is 0.400. The standard InChI is InChI=1S/C20H26N2O4/c1-6-16-17(20(24)25-5)12(3)18(22-16)19(23)21-13(4)14-9-8-10-15(11-14)26-7-2/h8-11,13,22H,6-7H2,1-5H3,(H,21,23). The van der Waals surface area contributed by atoms with Crippen molar-refractivity contribution in [2.24, 2.45) is 0 Å². The Kier molecular flexibility index (Phi) is 6.44. The lowest BCUT2D eigenvalue weighted by Gasteiger charge is -2.15. The molecule has 6 nitrogen and oxygen atoms in total. The number of amides is 1. The number of benzene rings is 1. The van der Waals surface area contributed by atoms with Gasteiger partial charge in [0.1, 0.15) is 11.4 Å². The number of ether oxygens (including phenoxy) is 2. The van der Waals surface area contributed by atoms with Crippen LogP contribution in [0.4, 0.5) is 0 Å². The van der Waals surface area contributed by atoms with Crippen molar-refractivity contribution in [3.8, 4) is 5.75 Å². The molecule has 0 aliphatic carbocycles. The third-order valence-corrected chi connectivity index (χ3v) is 4.31. The first kappa shape index (κ1) is 19.6. The average molecular weight is 358 g/mol. The molecule has 140 valence electrons. The van der Waals surface area contributed by atoms with Gasteiger partial charge in [0.25, 0.3) is 5.91 Å². The van der Waals surface area contributed by atoms with Crippen molar-refractivity contribution >= 4 is 11.9 Å². The molecule has 0 aliphatic rings. The number of aromatic nitrogens is 1. The number of nitrogens with one attached hydrogen (secondary N) is 2. The number of H-pyrrole nitrogens is 1. The molecule has 1 aromatic carbocycles. The number of hydrogen-bond acceptors (Lipinski definition) is 4. The largest absolute Gasteiger partial charge is 0.494 e. The van der Waals surface area contributed by atoms with Crippen molar-refractivity contribution < 1.29 is 19.1 Å². The van der Waals surface area contributed by atoms with Crippen LogP contribution in [-0.4, -0.2) is 30.6 Å². The predicted molar refractivity (Wildman–Crippen MR) is 99.7 cm³/mol. The SMILES string of the molecule is CCOc1cccc(C(C)NC(=O)c2[nH]c(CC)c(C(=O)OC)c2C)c1. The summed E-state index contributed by atoms with van der Waals surface area (Å²) < 4.78 is 10.3. The molecule has 0 radical (unpaired) electrons. The van der Waals surface area contributed by atoms with Gasteiger partial charge in [0.15, 0.2) is 0 Å². The highest BCUT2D eigenvalue weighted by atomic mass is 16.5. The lowest BCUT2D eigenvalue weighted by atomic mass is 10.1. The highest BCUT2D eigenvalue weighted by Crippen LogP contribution is 2.23. The Morgan fingerprint density at radius 3 is 2.62 bits per heavy atom. The summed E-state index contributed by atoms with van der Waals surface area (Å²) in [6.07, 6.45) is 0.602. The molecule has 6 heteroatoms. The molecule has 0 bridgehead atoms. The van der Waals surface area contributed by atoms with Gasteiger partial charge in [-0.05, 0) is 50.5 Å². The first-order valence-corrected chi connectivity index (χ1v) is 8.76. The van der Waals surface area contributed by atoms with E-state index in [1.54, 1.807) is 6.92 Å². The number of carbonyl (C=O) groups is 2. The minimum Gasteiger partial charge on any atom is -0.494 e. The van der Waals surface area contributed by atoms with Crippen molar-refractivity contribution in [3.63, 3.8) is 0 Å². The second-order valence-electron chi connectivity index (χ2n) is 6.02. The molecule has 2 aromatic rings. The zero-order valence-electron chi connectivity index (χ0n) is 15.9. The van der Waals surface area contributed by atoms with Gasteiger partial charge in [0.05, 0.1) is 25.3 Å². The molecule has 1 aromatic heterocycles. The molecule has 1 amide bonds. The van der Waals surface area contributed by atoms with E-state index in [9.17, 15) is 9.59 Å². The van der Waals surface area contributed by atoms with Crippen molar-refractivity contribution in [2.75, 3.05) is 13.7 Å². The summed E-state index contributed by atoms with van der Waals surface area (Å²) in [6.45, 7) is 8.08. The fourth-order valence-corrected chi connectivity index (χ4v) is 2.92. The van der Waals surface area contributed by atoms with Crippen molar-refractivity contribution in [2.45, 2.75) is 40.2 Å². The van der Waals surface area contributed by atoms with Gasteiger partial charge in [-0.25, -0.2) is 4.79 Å². The first-order valence-electron chi connectivity index (χ1n) is 8.76. The summed E-state index contributed by atoms with van der Waals surface area (Å²) in [5, 5.41) is 2.97. The molecule has 1 unspecified atom stereocenters. The number of esters is 1. The van der Waals surface area contributed by atoms with Gasteiger partial charge in [0, 0.05) is 5.69 Å². The number of aryl methyl sites for hydroxylation is 1. The number of hydrogen-bond donors (Lipinski definition) is 2. The van der Waals surface area contributed by atoms with Gasteiger partial charge in [0.2, 0.25) is 0 Å². The predicted octanol–water partition coefficient (Wildman–Crippen LogP) is 3.56. The number of methoxy groups -OCH3 is 1. The minimum absolute atomic E-state index is 0.211. The summed E-state index contributed by atoms with van der Waals surface area (Å²) in [5.74, 6) is 0.0668. The van der Waals surface area contributed by atoms with Crippen LogP contribution in [0, 0.1) is 6.92 Å². The maximum Gasteiger partial charge on any atom is 0.339 e. The third-order valence-electron chi connectivity index (χ3n) is 4.31. The van der Waals surface area contributed by atoms with E-state index in [1.807, 2.05) is 45.0 Å². The van der Waals surface area contributed by atoms with E-state index < -0.39 is 5.97 Å². The zero-order chi connectivity index (χ0) is 19.3. The Labute approximate surface area is 153 Å². The summed E-state index contributed by atoms with van der Waals surface area (Å²) in [5.41, 5.74) is 3.06. The van der Waals surface area contributed by atoms with E-state index in [1.165, 1.54) is 7.11 Å². The van der Waals surface area contributed by atoms with Gasteiger partial charge in [-0.1, -0.05) is 19.1 Å². The molecule has 2 rings (SSSR count). The Morgan fingerprint density at radius 1 is 1.27 bits per heavy atom. The maximum atomic E-state index is 12.7. The van der Waals surface area contributed by atoms with E-state index in [0.717, 1.165) is 11.3 Å². The van der Waals surface area contributed by atoms with Crippen LogP contribution in [0.1, 0.15) is 64.5 Å². The van der Waals surface area contributed by atoms with Crippen LogP contribution in [0.2, 0.25) is 0 Å². The van der Waals surface area contributed by atoms with E-state index in [0.29, 0.717) is 35.5 Å². The second kappa shape index (κ2) is 8.56. The van der Waals surface area contributed by atoms with Gasteiger partial charge < -0.3 is 19.8 Å². The number of aromatic amines is 1. The molecule has 0 spiro atoms. The molecule has 0 aliphatic heterocycles. The van der Waals surface area contributed by atoms with E-state index in [-0.39, 0.29) is 11.9 Å². The number of carbonyl (C=O) groups excluding carboxylic acids is 2. The molecular formula is C20H26N2O4. The van der Waals surface area contributed by atoms with E-state index in [2.05, 4.69) is 10.3 Å². The van der Waals surface area contributed by atoms with Gasteiger partial charge in [-0.2, -0.15) is 0 Å². The third kappa shape index (κ3) is 4.07. The second-order valence-corrected chi connectivity index (χ2v) is 6.02. The van der Waals surface area contributed by atoms with Gasteiger partial charge in [-0.3, -0.25) is 4.79 Å². The summed E-state index contributed by atoms with van der Waals surface area (Å²) in [7, 11) is 1.33. The Bertz CT molecular complexity index is 795. The summed E-state index contributed by atoms with van der Waals surface area (Å²) in [6, 6.07) is 7.41. The van der Waals surface area contributed by atoms with Crippen LogP contribution in [-0.2, 0) is 11.2 Å². The highest BCUT2D eigenvalue weighted by Gasteiger charge is 2.24. The fourth-order valence-electron chi connectivity index (χ4n) is 2.92. The highest BCUT2D eigenvalue weighted by molar-refractivity contribution is 6.00. The first-order chi connectivity index (χ1) is 12.4. The molecule has 1 heterocycles. The van der Waals surface area contributed by atoms with Crippen LogP contribution in [0.25, 0.3) is 0 Å².